The van der Waals surface area contributed by atoms with Gasteiger partial charge in [-0.25, -0.2) is 4.68 Å². The van der Waals surface area contributed by atoms with Crippen LogP contribution in [0.25, 0.3) is 11.0 Å². The number of carbonyl (C=O) groups is 2. The second-order valence-electron chi connectivity index (χ2n) is 7.14. The number of hydrogen-bond donors (Lipinski definition) is 0. The fourth-order valence-corrected chi connectivity index (χ4v) is 3.93. The first kappa shape index (κ1) is 17.9. The van der Waals surface area contributed by atoms with E-state index in [0.29, 0.717) is 45.0 Å². The Morgan fingerprint density at radius 3 is 2.78 bits per heavy atom. The van der Waals surface area contributed by atoms with Crippen molar-refractivity contribution in [1.29, 1.82) is 0 Å². The molecule has 8 heteroatoms. The molecule has 0 aliphatic carbocycles. The van der Waals surface area contributed by atoms with Crippen molar-refractivity contribution in [3.8, 4) is 0 Å². The van der Waals surface area contributed by atoms with E-state index >= 15 is 0 Å². The molecule has 0 bridgehead atoms. The molecule has 144 valence electrons. The van der Waals surface area contributed by atoms with Gasteiger partial charge in [0.05, 0.1) is 24.6 Å². The molecule has 0 saturated carbocycles. The predicted octanol–water partition coefficient (Wildman–Crippen LogP) is 1.16. The van der Waals surface area contributed by atoms with Crippen LogP contribution in [0.3, 0.4) is 0 Å². The van der Waals surface area contributed by atoms with Crippen molar-refractivity contribution in [3.05, 3.63) is 23.8 Å². The van der Waals surface area contributed by atoms with Crippen molar-refractivity contribution in [2.75, 3.05) is 39.4 Å². The van der Waals surface area contributed by atoms with Crippen molar-refractivity contribution < 1.29 is 14.3 Å². The highest BCUT2D eigenvalue weighted by atomic mass is 16.5. The number of aromatic nitrogens is 3. The van der Waals surface area contributed by atoms with Crippen LogP contribution in [0.15, 0.2) is 18.2 Å². The number of hydrogen-bond acceptors (Lipinski definition) is 5. The van der Waals surface area contributed by atoms with Crippen LogP contribution in [-0.2, 0) is 16.1 Å². The summed E-state index contributed by atoms with van der Waals surface area (Å²) in [5.41, 5.74) is 2.25. The predicted molar refractivity (Wildman–Crippen MR) is 99.2 cm³/mol. The zero-order valence-electron chi connectivity index (χ0n) is 15.6. The summed E-state index contributed by atoms with van der Waals surface area (Å²) in [5.74, 6) is -0.00920. The van der Waals surface area contributed by atoms with Gasteiger partial charge in [-0.2, -0.15) is 0 Å². The molecule has 2 aromatic rings. The van der Waals surface area contributed by atoms with Gasteiger partial charge in [-0.3, -0.25) is 9.59 Å². The van der Waals surface area contributed by atoms with Gasteiger partial charge < -0.3 is 14.5 Å². The molecule has 27 heavy (non-hydrogen) atoms. The lowest BCUT2D eigenvalue weighted by atomic mass is 9.95. The molecule has 1 aromatic heterocycles. The lowest BCUT2D eigenvalue weighted by Gasteiger charge is -2.36. The maximum atomic E-state index is 13.0. The number of ether oxygens (including phenoxy) is 1. The van der Waals surface area contributed by atoms with E-state index in [9.17, 15) is 9.59 Å². The molecular weight excluding hydrogens is 346 g/mol. The third-order valence-electron chi connectivity index (χ3n) is 5.44. The van der Waals surface area contributed by atoms with Crippen molar-refractivity contribution >= 4 is 22.8 Å². The highest BCUT2D eigenvalue weighted by Gasteiger charge is 2.32. The minimum absolute atomic E-state index is 0.0394. The number of rotatable bonds is 3. The van der Waals surface area contributed by atoms with E-state index in [1.54, 1.807) is 11.0 Å². The SMILES string of the molecule is CCn1nnc2cc(C(=O)N3CCCC(C(=O)N4CCOCC4)C3)ccc21. The van der Waals surface area contributed by atoms with Crippen LogP contribution in [0.5, 0.6) is 0 Å². The Hall–Kier alpha value is -2.48. The number of benzene rings is 1. The lowest BCUT2D eigenvalue weighted by molar-refractivity contribution is -0.141. The number of piperidine rings is 1. The van der Waals surface area contributed by atoms with Crippen LogP contribution in [0, 0.1) is 5.92 Å². The summed E-state index contributed by atoms with van der Waals surface area (Å²) in [6.07, 6.45) is 1.69. The number of amides is 2. The molecular formula is C19H25N5O3. The maximum Gasteiger partial charge on any atom is 0.253 e. The maximum absolute atomic E-state index is 13.0. The van der Waals surface area contributed by atoms with Gasteiger partial charge in [-0.1, -0.05) is 5.21 Å². The topological polar surface area (TPSA) is 80.6 Å². The fraction of sp³-hybridized carbons (Fsp3) is 0.579. The fourth-order valence-electron chi connectivity index (χ4n) is 3.93. The minimum Gasteiger partial charge on any atom is -0.378 e. The number of nitrogens with zero attached hydrogens (tertiary/aromatic N) is 5. The first-order valence-corrected chi connectivity index (χ1v) is 9.66. The molecule has 4 rings (SSSR count). The summed E-state index contributed by atoms with van der Waals surface area (Å²) in [5, 5.41) is 8.25. The molecule has 0 spiro atoms. The normalized spacial score (nSPS) is 20.9. The van der Waals surface area contributed by atoms with Crippen molar-refractivity contribution in [2.45, 2.75) is 26.3 Å². The second kappa shape index (κ2) is 7.64. The van der Waals surface area contributed by atoms with E-state index in [1.165, 1.54) is 0 Å². The van der Waals surface area contributed by atoms with E-state index in [-0.39, 0.29) is 17.7 Å². The smallest absolute Gasteiger partial charge is 0.253 e. The van der Waals surface area contributed by atoms with Gasteiger partial charge in [0.25, 0.3) is 5.91 Å². The molecule has 1 unspecified atom stereocenters. The molecule has 2 fully saturated rings. The second-order valence-corrected chi connectivity index (χ2v) is 7.14. The largest absolute Gasteiger partial charge is 0.378 e. The third kappa shape index (κ3) is 3.53. The van der Waals surface area contributed by atoms with Crippen molar-refractivity contribution in [3.63, 3.8) is 0 Å². The van der Waals surface area contributed by atoms with Gasteiger partial charge in [0.2, 0.25) is 5.91 Å². The summed E-state index contributed by atoms with van der Waals surface area (Å²) in [6.45, 7) is 6.40. The third-order valence-corrected chi connectivity index (χ3v) is 5.44. The first-order valence-electron chi connectivity index (χ1n) is 9.66. The lowest BCUT2D eigenvalue weighted by Crippen LogP contribution is -2.49. The van der Waals surface area contributed by atoms with Crippen LogP contribution < -0.4 is 0 Å². The van der Waals surface area contributed by atoms with Gasteiger partial charge >= 0.3 is 0 Å². The number of aryl methyl sites for hydroxylation is 1. The summed E-state index contributed by atoms with van der Waals surface area (Å²) in [4.78, 5) is 29.4. The van der Waals surface area contributed by atoms with Crippen LogP contribution in [0.1, 0.15) is 30.1 Å². The highest BCUT2D eigenvalue weighted by Crippen LogP contribution is 2.22. The summed E-state index contributed by atoms with van der Waals surface area (Å²) in [6, 6.07) is 5.52. The van der Waals surface area contributed by atoms with E-state index < -0.39 is 0 Å². The first-order chi connectivity index (χ1) is 13.2. The average Bonchev–Trinajstić information content (AvgIpc) is 3.15. The van der Waals surface area contributed by atoms with Crippen LogP contribution in [0.2, 0.25) is 0 Å². The zero-order valence-corrected chi connectivity index (χ0v) is 15.6. The van der Waals surface area contributed by atoms with Gasteiger partial charge in [-0.05, 0) is 38.0 Å². The zero-order chi connectivity index (χ0) is 18.8. The van der Waals surface area contributed by atoms with E-state index in [4.69, 9.17) is 4.74 Å². The molecule has 0 N–H and O–H groups in total. The van der Waals surface area contributed by atoms with E-state index in [2.05, 4.69) is 10.3 Å². The Bertz CT molecular complexity index is 843. The highest BCUT2D eigenvalue weighted by molar-refractivity contribution is 5.97. The van der Waals surface area contributed by atoms with Gasteiger partial charge in [-0.15, -0.1) is 5.10 Å². The Labute approximate surface area is 158 Å². The molecule has 0 radical (unpaired) electrons. The van der Waals surface area contributed by atoms with Crippen LogP contribution in [-0.4, -0.2) is 76.0 Å². The van der Waals surface area contributed by atoms with E-state index in [0.717, 1.165) is 30.4 Å². The molecule has 2 amide bonds. The number of fused-ring (bicyclic) bond motifs is 1. The summed E-state index contributed by atoms with van der Waals surface area (Å²) in [7, 11) is 0. The van der Waals surface area contributed by atoms with Gasteiger partial charge in [0.15, 0.2) is 0 Å². The Morgan fingerprint density at radius 1 is 1.19 bits per heavy atom. The standard InChI is InChI=1S/C19H25N5O3/c1-2-24-17-6-5-14(12-16(17)20-21-24)18(25)23-7-3-4-15(13-23)19(26)22-8-10-27-11-9-22/h5-6,12,15H,2-4,7-11,13H2,1H3. The average molecular weight is 371 g/mol. The van der Waals surface area contributed by atoms with Gasteiger partial charge in [0, 0.05) is 38.3 Å². The quantitative estimate of drug-likeness (QED) is 0.809. The molecule has 1 atom stereocenters. The van der Waals surface area contributed by atoms with Crippen LogP contribution >= 0.6 is 0 Å². The Balaban J connectivity index is 1.47. The molecule has 2 saturated heterocycles. The Morgan fingerprint density at radius 2 is 2.00 bits per heavy atom. The molecule has 2 aliphatic rings. The Kier molecular flexibility index (Phi) is 5.07. The molecule has 8 nitrogen and oxygen atoms in total. The minimum atomic E-state index is -0.120. The molecule has 3 heterocycles. The van der Waals surface area contributed by atoms with Crippen LogP contribution in [0.4, 0.5) is 0 Å². The van der Waals surface area contributed by atoms with Gasteiger partial charge in [0.1, 0.15) is 5.52 Å². The molecule has 2 aliphatic heterocycles. The summed E-state index contributed by atoms with van der Waals surface area (Å²) >= 11 is 0. The van der Waals surface area contributed by atoms with Crippen molar-refractivity contribution in [2.24, 2.45) is 5.92 Å². The number of morpholine rings is 1. The van der Waals surface area contributed by atoms with Crippen molar-refractivity contribution in [1.82, 2.24) is 24.8 Å². The summed E-state index contributed by atoms with van der Waals surface area (Å²) < 4.78 is 7.14. The number of likely N-dealkylation sites (tertiary alicyclic amines) is 1. The number of carbonyl (C=O) groups excluding carboxylic acids is 2. The molecule has 1 aromatic carbocycles. The monoisotopic (exact) mass is 371 g/mol. The van der Waals surface area contributed by atoms with E-state index in [1.807, 2.05) is 28.6 Å².